The highest BCUT2D eigenvalue weighted by molar-refractivity contribution is 5.87. The molecule has 3 nitrogen and oxygen atoms in total. The fourth-order valence-electron chi connectivity index (χ4n) is 1.29. The Morgan fingerprint density at radius 3 is 2.50 bits per heavy atom. The van der Waals surface area contributed by atoms with Crippen molar-refractivity contribution in [1.29, 1.82) is 0 Å². The van der Waals surface area contributed by atoms with E-state index in [1.54, 1.807) is 13.0 Å². The topological polar surface area (TPSA) is 63.3 Å². The molecule has 0 fully saturated rings. The molecule has 0 atom stereocenters. The van der Waals surface area contributed by atoms with Gasteiger partial charge in [-0.1, -0.05) is 42.5 Å². The fraction of sp³-hybridized carbons (Fsp3) is 0.154. The first-order chi connectivity index (χ1) is 7.61. The highest BCUT2D eigenvalue weighted by Gasteiger charge is 2.06. The Morgan fingerprint density at radius 1 is 1.38 bits per heavy atom. The quantitative estimate of drug-likeness (QED) is 0.761. The number of benzene rings is 1. The Bertz CT molecular complexity index is 415. The van der Waals surface area contributed by atoms with E-state index in [1.807, 2.05) is 36.4 Å². The van der Waals surface area contributed by atoms with Crippen LogP contribution in [0.25, 0.3) is 6.08 Å². The summed E-state index contributed by atoms with van der Waals surface area (Å²) >= 11 is 0. The monoisotopic (exact) mass is 217 g/mol. The van der Waals surface area contributed by atoms with Gasteiger partial charge in [-0.15, -0.1) is 0 Å². The van der Waals surface area contributed by atoms with E-state index in [2.05, 4.69) is 0 Å². The minimum absolute atomic E-state index is 0.243. The fourth-order valence-corrected chi connectivity index (χ4v) is 1.29. The molecule has 1 rings (SSSR count). The molecule has 0 spiro atoms. The summed E-state index contributed by atoms with van der Waals surface area (Å²) in [5, 5.41) is 8.87. The van der Waals surface area contributed by atoms with Crippen molar-refractivity contribution in [2.45, 2.75) is 13.3 Å². The van der Waals surface area contributed by atoms with E-state index in [0.717, 1.165) is 5.56 Å². The van der Waals surface area contributed by atoms with E-state index < -0.39 is 5.97 Å². The lowest BCUT2D eigenvalue weighted by atomic mass is 10.1. The number of allylic oxidation sites excluding steroid dienone is 2. The van der Waals surface area contributed by atoms with Gasteiger partial charge in [-0.05, 0) is 18.9 Å². The summed E-state index contributed by atoms with van der Waals surface area (Å²) in [6.45, 7) is 1.60. The zero-order valence-electron chi connectivity index (χ0n) is 9.18. The zero-order valence-corrected chi connectivity index (χ0v) is 9.18. The molecule has 0 bridgehead atoms. The number of carboxylic acid groups (broad SMARTS) is 1. The third kappa shape index (κ3) is 3.61. The summed E-state index contributed by atoms with van der Waals surface area (Å²) in [5.74, 6) is -0.960. The van der Waals surface area contributed by atoms with Crippen LogP contribution in [0.4, 0.5) is 0 Å². The maximum absolute atomic E-state index is 10.8. The molecule has 0 amide bonds. The second kappa shape index (κ2) is 5.75. The number of hydrogen-bond acceptors (Lipinski definition) is 2. The predicted molar refractivity (Wildman–Crippen MR) is 64.6 cm³/mol. The summed E-state index contributed by atoms with van der Waals surface area (Å²) in [7, 11) is 0. The standard InChI is InChI=1S/C13H15NO2/c1-10(14)12(13(15)16)9-5-8-11-6-3-2-4-7-11/h2-8H,9,14H2,1H3,(H,15,16). The van der Waals surface area contributed by atoms with Gasteiger partial charge in [0.25, 0.3) is 0 Å². The first-order valence-electron chi connectivity index (χ1n) is 5.01. The molecule has 0 radical (unpaired) electrons. The molecule has 3 heteroatoms. The van der Waals surface area contributed by atoms with E-state index in [4.69, 9.17) is 10.8 Å². The number of nitrogens with two attached hydrogens (primary N) is 1. The van der Waals surface area contributed by atoms with Crippen molar-refractivity contribution in [3.63, 3.8) is 0 Å². The van der Waals surface area contributed by atoms with Crippen LogP contribution in [-0.2, 0) is 4.79 Å². The van der Waals surface area contributed by atoms with Crippen LogP contribution in [0.3, 0.4) is 0 Å². The number of carbonyl (C=O) groups is 1. The van der Waals surface area contributed by atoms with Gasteiger partial charge in [0.1, 0.15) is 0 Å². The first-order valence-corrected chi connectivity index (χ1v) is 5.01. The smallest absolute Gasteiger partial charge is 0.333 e. The maximum Gasteiger partial charge on any atom is 0.333 e. The van der Waals surface area contributed by atoms with Crippen molar-refractivity contribution in [2.24, 2.45) is 5.73 Å². The molecule has 0 aliphatic rings. The van der Waals surface area contributed by atoms with Crippen molar-refractivity contribution in [3.8, 4) is 0 Å². The van der Waals surface area contributed by atoms with E-state index in [0.29, 0.717) is 12.1 Å². The van der Waals surface area contributed by atoms with Crippen LogP contribution in [-0.4, -0.2) is 11.1 Å². The number of rotatable bonds is 4. The van der Waals surface area contributed by atoms with Gasteiger partial charge in [0.2, 0.25) is 0 Å². The molecule has 84 valence electrons. The SMILES string of the molecule is CC(N)=C(CC=Cc1ccccc1)C(=O)O. The third-order valence-corrected chi connectivity index (χ3v) is 2.17. The highest BCUT2D eigenvalue weighted by Crippen LogP contribution is 2.08. The Kier molecular flexibility index (Phi) is 4.33. The van der Waals surface area contributed by atoms with E-state index >= 15 is 0 Å². The van der Waals surface area contributed by atoms with Gasteiger partial charge in [-0.2, -0.15) is 0 Å². The van der Waals surface area contributed by atoms with Gasteiger partial charge in [-0.3, -0.25) is 0 Å². The van der Waals surface area contributed by atoms with Gasteiger partial charge < -0.3 is 10.8 Å². The number of hydrogen-bond donors (Lipinski definition) is 2. The lowest BCUT2D eigenvalue weighted by molar-refractivity contribution is -0.132. The molecular formula is C13H15NO2. The van der Waals surface area contributed by atoms with Crippen molar-refractivity contribution in [2.75, 3.05) is 0 Å². The second-order valence-electron chi connectivity index (χ2n) is 3.48. The molecule has 0 aliphatic carbocycles. The van der Waals surface area contributed by atoms with Crippen LogP contribution in [0.15, 0.2) is 47.7 Å². The summed E-state index contributed by atoms with van der Waals surface area (Å²) in [4.78, 5) is 10.8. The van der Waals surface area contributed by atoms with E-state index in [-0.39, 0.29) is 5.57 Å². The van der Waals surface area contributed by atoms with Crippen LogP contribution >= 0.6 is 0 Å². The molecule has 16 heavy (non-hydrogen) atoms. The molecule has 0 unspecified atom stereocenters. The van der Waals surface area contributed by atoms with Crippen LogP contribution in [0.2, 0.25) is 0 Å². The van der Waals surface area contributed by atoms with Crippen molar-refractivity contribution >= 4 is 12.0 Å². The summed E-state index contributed by atoms with van der Waals surface area (Å²) in [6, 6.07) is 9.71. The Morgan fingerprint density at radius 2 is 2.00 bits per heavy atom. The highest BCUT2D eigenvalue weighted by atomic mass is 16.4. The number of aliphatic carboxylic acids is 1. The van der Waals surface area contributed by atoms with Crippen molar-refractivity contribution < 1.29 is 9.90 Å². The minimum Gasteiger partial charge on any atom is -0.478 e. The van der Waals surface area contributed by atoms with Gasteiger partial charge >= 0.3 is 5.97 Å². The molecule has 0 saturated heterocycles. The van der Waals surface area contributed by atoms with Crippen LogP contribution < -0.4 is 5.73 Å². The molecule has 0 saturated carbocycles. The normalized spacial score (nSPS) is 12.6. The largest absolute Gasteiger partial charge is 0.478 e. The average molecular weight is 217 g/mol. The van der Waals surface area contributed by atoms with Crippen molar-refractivity contribution in [1.82, 2.24) is 0 Å². The summed E-state index contributed by atoms with van der Waals surface area (Å²) < 4.78 is 0. The van der Waals surface area contributed by atoms with E-state index in [1.165, 1.54) is 0 Å². The molecular weight excluding hydrogens is 202 g/mol. The average Bonchev–Trinajstić information content (AvgIpc) is 2.24. The molecule has 0 aromatic heterocycles. The Labute approximate surface area is 94.9 Å². The summed E-state index contributed by atoms with van der Waals surface area (Å²) in [6.07, 6.45) is 4.02. The van der Waals surface area contributed by atoms with Gasteiger partial charge in [0.05, 0.1) is 5.57 Å². The Balaban J connectivity index is 2.68. The van der Waals surface area contributed by atoms with Gasteiger partial charge in [-0.25, -0.2) is 4.79 Å². The second-order valence-corrected chi connectivity index (χ2v) is 3.48. The minimum atomic E-state index is -0.960. The molecule has 0 aliphatic heterocycles. The third-order valence-electron chi connectivity index (χ3n) is 2.17. The van der Waals surface area contributed by atoms with Crippen LogP contribution in [0, 0.1) is 0 Å². The van der Waals surface area contributed by atoms with E-state index in [9.17, 15) is 4.79 Å². The Hall–Kier alpha value is -2.03. The lowest BCUT2D eigenvalue weighted by Crippen LogP contribution is -2.07. The molecule has 1 aromatic carbocycles. The summed E-state index contributed by atoms with van der Waals surface area (Å²) in [5.41, 5.74) is 7.12. The van der Waals surface area contributed by atoms with Gasteiger partial charge in [0.15, 0.2) is 0 Å². The zero-order chi connectivity index (χ0) is 12.0. The molecule has 3 N–H and O–H groups in total. The van der Waals surface area contributed by atoms with Gasteiger partial charge in [0, 0.05) is 5.70 Å². The first kappa shape index (κ1) is 12.0. The molecule has 0 heterocycles. The molecule has 1 aromatic rings. The maximum atomic E-state index is 10.8. The predicted octanol–water partition coefficient (Wildman–Crippen LogP) is 2.41. The van der Waals surface area contributed by atoms with Crippen LogP contribution in [0.5, 0.6) is 0 Å². The lowest BCUT2D eigenvalue weighted by Gasteiger charge is -2.00. The van der Waals surface area contributed by atoms with Crippen molar-refractivity contribution in [3.05, 3.63) is 53.2 Å². The number of carboxylic acids is 1. The van der Waals surface area contributed by atoms with Crippen LogP contribution in [0.1, 0.15) is 18.9 Å².